The Kier molecular flexibility index (Phi) is 3.04. The molecule has 5 aromatic rings. The Morgan fingerprint density at radius 1 is 0.640 bits per heavy atom. The van der Waals surface area contributed by atoms with Crippen LogP contribution < -0.4 is 0 Å². The van der Waals surface area contributed by atoms with Crippen molar-refractivity contribution in [3.05, 3.63) is 84.6 Å². The van der Waals surface area contributed by atoms with E-state index in [1.165, 1.54) is 16.3 Å². The molecule has 0 saturated heterocycles. The van der Waals surface area contributed by atoms with Crippen LogP contribution in [-0.2, 0) is 0 Å². The summed E-state index contributed by atoms with van der Waals surface area (Å²) in [6.45, 7) is 2.15. The first-order valence-corrected chi connectivity index (χ1v) is 8.44. The number of aryl methyl sites for hydroxylation is 1. The molecule has 0 N–H and O–H groups in total. The number of pyridine rings is 2. The number of hydrogen-bond donors (Lipinski definition) is 0. The van der Waals surface area contributed by atoms with Gasteiger partial charge in [0.05, 0.1) is 16.7 Å². The first-order chi connectivity index (χ1) is 12.3. The third-order valence-electron chi connectivity index (χ3n) is 4.85. The zero-order chi connectivity index (χ0) is 16.8. The number of fused-ring (bicyclic) bond motifs is 4. The molecule has 0 spiro atoms. The van der Waals surface area contributed by atoms with Crippen molar-refractivity contribution in [1.29, 1.82) is 0 Å². The first-order valence-electron chi connectivity index (χ1n) is 8.44. The Morgan fingerprint density at radius 2 is 1.40 bits per heavy atom. The third-order valence-corrected chi connectivity index (χ3v) is 4.85. The van der Waals surface area contributed by atoms with Crippen LogP contribution in [0.15, 0.2) is 79.0 Å². The van der Waals surface area contributed by atoms with Gasteiger partial charge in [0.25, 0.3) is 0 Å². The van der Waals surface area contributed by atoms with Crippen molar-refractivity contribution in [2.75, 3.05) is 0 Å². The van der Waals surface area contributed by atoms with E-state index in [1.54, 1.807) is 0 Å². The van der Waals surface area contributed by atoms with Gasteiger partial charge in [-0.1, -0.05) is 60.7 Å². The number of rotatable bonds is 1. The topological polar surface area (TPSA) is 25.8 Å². The molecule has 118 valence electrons. The first kappa shape index (κ1) is 14.1. The van der Waals surface area contributed by atoms with Crippen LogP contribution in [0.4, 0.5) is 0 Å². The molecule has 2 nitrogen and oxygen atoms in total. The van der Waals surface area contributed by atoms with Crippen molar-refractivity contribution in [2.24, 2.45) is 0 Å². The maximum atomic E-state index is 4.99. The largest absolute Gasteiger partial charge is 0.254 e. The predicted octanol–water partition coefficient (Wildman–Crippen LogP) is 5.91. The molecule has 2 heterocycles. The van der Waals surface area contributed by atoms with Gasteiger partial charge in [-0.25, -0.2) is 4.98 Å². The maximum absolute atomic E-state index is 4.99. The second kappa shape index (κ2) is 5.38. The zero-order valence-electron chi connectivity index (χ0n) is 13.9. The van der Waals surface area contributed by atoms with Gasteiger partial charge in [0.2, 0.25) is 0 Å². The summed E-state index contributed by atoms with van der Waals surface area (Å²) in [4.78, 5) is 9.55. The van der Waals surface area contributed by atoms with Gasteiger partial charge in [0.1, 0.15) is 0 Å². The Morgan fingerprint density at radius 3 is 2.28 bits per heavy atom. The SMILES string of the molecule is Cc1ccc(-c2ccc3ccc4cccnc4c3n2)c2ccccc12. The zero-order valence-corrected chi connectivity index (χ0v) is 13.9. The molecule has 0 atom stereocenters. The van der Waals surface area contributed by atoms with E-state index in [0.717, 1.165) is 33.1 Å². The maximum Gasteiger partial charge on any atom is 0.0972 e. The quantitative estimate of drug-likeness (QED) is 0.359. The molecule has 2 aromatic heterocycles. The van der Waals surface area contributed by atoms with Crippen LogP contribution >= 0.6 is 0 Å². The fraction of sp³-hybridized carbons (Fsp3) is 0.0435. The van der Waals surface area contributed by atoms with Crippen molar-refractivity contribution >= 4 is 32.6 Å². The van der Waals surface area contributed by atoms with Crippen LogP contribution in [0.25, 0.3) is 43.8 Å². The predicted molar refractivity (Wildman–Crippen MR) is 105 cm³/mol. The minimum Gasteiger partial charge on any atom is -0.254 e. The molecule has 0 aliphatic heterocycles. The van der Waals surface area contributed by atoms with Gasteiger partial charge in [-0.15, -0.1) is 0 Å². The van der Waals surface area contributed by atoms with Crippen LogP contribution in [0.5, 0.6) is 0 Å². The molecule has 3 aromatic carbocycles. The Labute approximate surface area is 145 Å². The monoisotopic (exact) mass is 320 g/mol. The van der Waals surface area contributed by atoms with Crippen LogP contribution in [0.2, 0.25) is 0 Å². The normalized spacial score (nSPS) is 11.4. The molecule has 0 saturated carbocycles. The summed E-state index contributed by atoms with van der Waals surface area (Å²) in [6.07, 6.45) is 1.83. The van der Waals surface area contributed by atoms with E-state index in [1.807, 2.05) is 12.3 Å². The van der Waals surface area contributed by atoms with Crippen LogP contribution in [0, 0.1) is 6.92 Å². The molecule has 0 bridgehead atoms. The van der Waals surface area contributed by atoms with E-state index < -0.39 is 0 Å². The second-order valence-corrected chi connectivity index (χ2v) is 6.38. The standard InChI is InChI=1S/C23H16N2/c1-15-8-12-20(19-7-3-2-6-18(15)19)21-13-11-17-10-9-16-5-4-14-24-22(16)23(17)25-21/h2-14H,1H3. The van der Waals surface area contributed by atoms with Gasteiger partial charge in [0, 0.05) is 22.5 Å². The van der Waals surface area contributed by atoms with E-state index in [4.69, 9.17) is 4.98 Å². The van der Waals surface area contributed by atoms with E-state index in [2.05, 4.69) is 78.6 Å². The molecule has 2 heteroatoms. The Balaban J connectivity index is 1.85. The minimum absolute atomic E-state index is 0.957. The average molecular weight is 320 g/mol. The third kappa shape index (κ3) is 2.18. The molecule has 25 heavy (non-hydrogen) atoms. The molecule has 0 aliphatic carbocycles. The number of nitrogens with zero attached hydrogens (tertiary/aromatic N) is 2. The lowest BCUT2D eigenvalue weighted by Gasteiger charge is -2.10. The molecule has 0 aliphatic rings. The summed E-state index contributed by atoms with van der Waals surface area (Å²) in [6, 6.07) is 25.4. The lowest BCUT2D eigenvalue weighted by atomic mass is 9.97. The van der Waals surface area contributed by atoms with Crippen LogP contribution in [-0.4, -0.2) is 9.97 Å². The van der Waals surface area contributed by atoms with Crippen molar-refractivity contribution in [3.63, 3.8) is 0 Å². The Hall–Kier alpha value is -3.26. The number of aromatic nitrogens is 2. The van der Waals surface area contributed by atoms with E-state index in [0.29, 0.717) is 0 Å². The van der Waals surface area contributed by atoms with Gasteiger partial charge in [-0.2, -0.15) is 0 Å². The average Bonchev–Trinajstić information content (AvgIpc) is 2.68. The van der Waals surface area contributed by atoms with Crippen LogP contribution in [0.3, 0.4) is 0 Å². The fourth-order valence-corrected chi connectivity index (χ4v) is 3.55. The molecular weight excluding hydrogens is 304 g/mol. The highest BCUT2D eigenvalue weighted by molar-refractivity contribution is 6.04. The summed E-state index contributed by atoms with van der Waals surface area (Å²) >= 11 is 0. The Bertz CT molecular complexity index is 1260. The number of hydrogen-bond acceptors (Lipinski definition) is 2. The molecule has 0 amide bonds. The molecule has 0 radical (unpaired) electrons. The lowest BCUT2D eigenvalue weighted by Crippen LogP contribution is -1.90. The van der Waals surface area contributed by atoms with E-state index >= 15 is 0 Å². The highest BCUT2D eigenvalue weighted by Gasteiger charge is 2.09. The molecule has 0 unspecified atom stereocenters. The molecule has 5 rings (SSSR count). The molecule has 0 fully saturated rings. The van der Waals surface area contributed by atoms with Crippen molar-refractivity contribution in [2.45, 2.75) is 6.92 Å². The highest BCUT2D eigenvalue weighted by atomic mass is 14.7. The van der Waals surface area contributed by atoms with E-state index in [9.17, 15) is 0 Å². The van der Waals surface area contributed by atoms with Gasteiger partial charge in [-0.05, 0) is 35.4 Å². The van der Waals surface area contributed by atoms with Gasteiger partial charge in [-0.3, -0.25) is 4.98 Å². The van der Waals surface area contributed by atoms with Crippen molar-refractivity contribution < 1.29 is 0 Å². The summed E-state index contributed by atoms with van der Waals surface area (Å²) in [5.74, 6) is 0. The minimum atomic E-state index is 0.957. The summed E-state index contributed by atoms with van der Waals surface area (Å²) in [7, 11) is 0. The summed E-state index contributed by atoms with van der Waals surface area (Å²) in [5, 5.41) is 4.75. The van der Waals surface area contributed by atoms with Gasteiger partial charge in [0.15, 0.2) is 0 Å². The van der Waals surface area contributed by atoms with Gasteiger partial charge < -0.3 is 0 Å². The smallest absolute Gasteiger partial charge is 0.0972 e. The van der Waals surface area contributed by atoms with E-state index in [-0.39, 0.29) is 0 Å². The van der Waals surface area contributed by atoms with Crippen LogP contribution in [0.1, 0.15) is 5.56 Å². The highest BCUT2D eigenvalue weighted by Crippen LogP contribution is 2.31. The summed E-state index contributed by atoms with van der Waals surface area (Å²) < 4.78 is 0. The summed E-state index contributed by atoms with van der Waals surface area (Å²) in [5.41, 5.74) is 5.35. The second-order valence-electron chi connectivity index (χ2n) is 6.38. The fourth-order valence-electron chi connectivity index (χ4n) is 3.55. The number of benzene rings is 3. The van der Waals surface area contributed by atoms with Crippen molar-refractivity contribution in [1.82, 2.24) is 9.97 Å². The lowest BCUT2D eigenvalue weighted by molar-refractivity contribution is 1.37. The van der Waals surface area contributed by atoms with Crippen molar-refractivity contribution in [3.8, 4) is 11.3 Å². The van der Waals surface area contributed by atoms with Gasteiger partial charge >= 0.3 is 0 Å². The molecular formula is C23H16N2.